The number of amides is 2. The topological polar surface area (TPSA) is 102 Å². The predicted octanol–water partition coefficient (Wildman–Crippen LogP) is 3.52. The SMILES string of the molecule is CC(=O)NC1=NC(=O)/C(=C\c2ccc(OS(=O)(=O)c3ccc(C)cc3)c(Cl)c2)S1. The van der Waals surface area contributed by atoms with Crippen LogP contribution in [0.1, 0.15) is 18.1 Å². The molecular formula is C19H15ClN2O5S2. The molecule has 2 amide bonds. The van der Waals surface area contributed by atoms with Gasteiger partial charge in [0.25, 0.3) is 5.91 Å². The van der Waals surface area contributed by atoms with Gasteiger partial charge in [-0.25, -0.2) is 0 Å². The van der Waals surface area contributed by atoms with Crippen LogP contribution in [0.4, 0.5) is 0 Å². The van der Waals surface area contributed by atoms with Crippen molar-refractivity contribution in [3.8, 4) is 5.75 Å². The third-order valence-corrected chi connectivity index (χ3v) is 6.11. The highest BCUT2D eigenvalue weighted by Crippen LogP contribution is 2.32. The third kappa shape index (κ3) is 5.26. The highest BCUT2D eigenvalue weighted by molar-refractivity contribution is 8.18. The van der Waals surface area contributed by atoms with Gasteiger partial charge in [0.15, 0.2) is 10.9 Å². The Kier molecular flexibility index (Phi) is 6.11. The van der Waals surface area contributed by atoms with Gasteiger partial charge in [-0.2, -0.15) is 13.4 Å². The maximum Gasteiger partial charge on any atom is 0.339 e. The van der Waals surface area contributed by atoms with Crippen LogP contribution >= 0.6 is 23.4 Å². The number of hydrogen-bond acceptors (Lipinski definition) is 6. The minimum Gasteiger partial charge on any atom is -0.377 e. The zero-order valence-corrected chi connectivity index (χ0v) is 17.7. The number of carbonyl (C=O) groups excluding carboxylic acids is 2. The molecule has 3 rings (SSSR count). The zero-order chi connectivity index (χ0) is 21.2. The van der Waals surface area contributed by atoms with Crippen LogP contribution < -0.4 is 9.50 Å². The molecule has 0 aromatic heterocycles. The highest BCUT2D eigenvalue weighted by atomic mass is 35.5. The van der Waals surface area contributed by atoms with E-state index in [9.17, 15) is 18.0 Å². The van der Waals surface area contributed by atoms with E-state index >= 15 is 0 Å². The molecule has 1 aliphatic rings. The maximum atomic E-state index is 12.4. The average Bonchev–Trinajstić information content (AvgIpc) is 2.96. The molecular weight excluding hydrogens is 436 g/mol. The molecule has 29 heavy (non-hydrogen) atoms. The molecule has 0 unspecified atom stereocenters. The van der Waals surface area contributed by atoms with Crippen LogP contribution in [-0.4, -0.2) is 25.4 Å². The van der Waals surface area contributed by atoms with Gasteiger partial charge in [0.1, 0.15) is 4.90 Å². The number of halogens is 1. The molecule has 150 valence electrons. The lowest BCUT2D eigenvalue weighted by Crippen LogP contribution is -2.23. The molecule has 7 nitrogen and oxygen atoms in total. The number of benzene rings is 2. The molecule has 0 saturated carbocycles. The number of aryl methyl sites for hydroxylation is 1. The van der Waals surface area contributed by atoms with E-state index in [0.29, 0.717) is 10.5 Å². The summed E-state index contributed by atoms with van der Waals surface area (Å²) in [6.07, 6.45) is 1.54. The molecule has 10 heteroatoms. The summed E-state index contributed by atoms with van der Waals surface area (Å²) in [4.78, 5) is 27.0. The Bertz CT molecular complexity index is 1160. The Morgan fingerprint density at radius 3 is 2.52 bits per heavy atom. The van der Waals surface area contributed by atoms with Gasteiger partial charge in [-0.3, -0.25) is 9.59 Å². The summed E-state index contributed by atoms with van der Waals surface area (Å²) in [6, 6.07) is 10.7. The first kappa shape index (κ1) is 21.1. The lowest BCUT2D eigenvalue weighted by atomic mass is 10.2. The van der Waals surface area contributed by atoms with Crippen molar-refractivity contribution in [1.29, 1.82) is 0 Å². The van der Waals surface area contributed by atoms with E-state index in [2.05, 4.69) is 10.3 Å². The molecule has 0 bridgehead atoms. The van der Waals surface area contributed by atoms with Gasteiger partial charge in [-0.05, 0) is 54.6 Å². The minimum atomic E-state index is -4.03. The van der Waals surface area contributed by atoms with Crippen LogP contribution in [-0.2, 0) is 19.7 Å². The van der Waals surface area contributed by atoms with Gasteiger partial charge in [0.05, 0.1) is 9.93 Å². The number of rotatable bonds is 4. The highest BCUT2D eigenvalue weighted by Gasteiger charge is 2.23. The minimum absolute atomic E-state index is 0.0148. The quantitative estimate of drug-likeness (QED) is 0.564. The van der Waals surface area contributed by atoms with Gasteiger partial charge in [-0.15, -0.1) is 0 Å². The molecule has 1 N–H and O–H groups in total. The number of nitrogens with one attached hydrogen (secondary N) is 1. The molecule has 1 aliphatic heterocycles. The van der Waals surface area contributed by atoms with Gasteiger partial charge >= 0.3 is 10.1 Å². The molecule has 2 aromatic carbocycles. The van der Waals surface area contributed by atoms with Gasteiger partial charge in [0.2, 0.25) is 5.91 Å². The second-order valence-electron chi connectivity index (χ2n) is 6.05. The molecule has 0 saturated heterocycles. The predicted molar refractivity (Wildman–Crippen MR) is 112 cm³/mol. The van der Waals surface area contributed by atoms with Crippen LogP contribution in [0.3, 0.4) is 0 Å². The second-order valence-corrected chi connectivity index (χ2v) is 9.04. The molecule has 1 heterocycles. The van der Waals surface area contributed by atoms with Crippen molar-refractivity contribution < 1.29 is 22.2 Å². The lowest BCUT2D eigenvalue weighted by Gasteiger charge is -2.09. The summed E-state index contributed by atoms with van der Waals surface area (Å²) in [5, 5.41) is 2.71. The Morgan fingerprint density at radius 1 is 1.21 bits per heavy atom. The number of thioether (sulfide) groups is 1. The van der Waals surface area contributed by atoms with Gasteiger partial charge in [0, 0.05) is 6.92 Å². The van der Waals surface area contributed by atoms with Crippen molar-refractivity contribution >= 4 is 56.5 Å². The fourth-order valence-corrected chi connectivity index (χ4v) is 4.39. The Hall–Kier alpha value is -2.62. The second kappa shape index (κ2) is 8.40. The Balaban J connectivity index is 1.78. The molecule has 0 spiro atoms. The van der Waals surface area contributed by atoms with Crippen molar-refractivity contribution in [3.63, 3.8) is 0 Å². The standard InChI is InChI=1S/C19H15ClN2O5S2/c1-11-3-6-14(7-4-11)29(25,26)27-16-8-5-13(9-15(16)20)10-17-18(24)22-19(28-17)21-12(2)23/h3-10H,1-2H3,(H,21,22,23,24)/b17-10+. The number of hydrogen-bond donors (Lipinski definition) is 1. The first-order chi connectivity index (χ1) is 13.6. The van der Waals surface area contributed by atoms with Gasteiger partial charge in [-0.1, -0.05) is 35.4 Å². The first-order valence-corrected chi connectivity index (χ1v) is 10.9. The van der Waals surface area contributed by atoms with Gasteiger partial charge < -0.3 is 9.50 Å². The van der Waals surface area contributed by atoms with E-state index in [0.717, 1.165) is 17.3 Å². The number of aliphatic imine (C=N–C) groups is 1. The Labute approximate surface area is 176 Å². The summed E-state index contributed by atoms with van der Waals surface area (Å²) in [5.74, 6) is -0.850. The Morgan fingerprint density at radius 2 is 1.90 bits per heavy atom. The first-order valence-electron chi connectivity index (χ1n) is 8.25. The average molecular weight is 451 g/mol. The molecule has 0 atom stereocenters. The van der Waals surface area contributed by atoms with Crippen molar-refractivity contribution in [2.75, 3.05) is 0 Å². The van der Waals surface area contributed by atoms with E-state index in [1.807, 2.05) is 6.92 Å². The molecule has 2 aromatic rings. The van der Waals surface area contributed by atoms with Crippen molar-refractivity contribution in [1.82, 2.24) is 5.32 Å². The van der Waals surface area contributed by atoms with Crippen LogP contribution in [0, 0.1) is 6.92 Å². The fourth-order valence-electron chi connectivity index (χ4n) is 2.31. The largest absolute Gasteiger partial charge is 0.377 e. The van der Waals surface area contributed by atoms with E-state index < -0.39 is 16.0 Å². The lowest BCUT2D eigenvalue weighted by molar-refractivity contribution is -0.117. The van der Waals surface area contributed by atoms with E-state index in [-0.39, 0.29) is 26.7 Å². The molecule has 0 fully saturated rings. The normalized spacial score (nSPS) is 15.3. The van der Waals surface area contributed by atoms with Crippen LogP contribution in [0.15, 0.2) is 57.3 Å². The fraction of sp³-hybridized carbons (Fsp3) is 0.105. The molecule has 0 radical (unpaired) electrons. The third-order valence-electron chi connectivity index (χ3n) is 3.67. The smallest absolute Gasteiger partial charge is 0.339 e. The number of carbonyl (C=O) groups is 2. The summed E-state index contributed by atoms with van der Waals surface area (Å²) < 4.78 is 30.0. The summed E-state index contributed by atoms with van der Waals surface area (Å²) in [5.41, 5.74) is 1.47. The maximum absolute atomic E-state index is 12.4. The monoisotopic (exact) mass is 450 g/mol. The zero-order valence-electron chi connectivity index (χ0n) is 15.3. The number of amidine groups is 1. The van der Waals surface area contributed by atoms with Crippen molar-refractivity contribution in [2.24, 2.45) is 4.99 Å². The van der Waals surface area contributed by atoms with Crippen LogP contribution in [0.25, 0.3) is 6.08 Å². The van der Waals surface area contributed by atoms with Crippen LogP contribution in [0.5, 0.6) is 5.75 Å². The van der Waals surface area contributed by atoms with Crippen LogP contribution in [0.2, 0.25) is 5.02 Å². The molecule has 0 aliphatic carbocycles. The summed E-state index contributed by atoms with van der Waals surface area (Å²) in [7, 11) is -4.03. The van der Waals surface area contributed by atoms with Crippen molar-refractivity contribution in [2.45, 2.75) is 18.7 Å². The van der Waals surface area contributed by atoms with E-state index in [1.165, 1.54) is 37.3 Å². The summed E-state index contributed by atoms with van der Waals surface area (Å²) >= 11 is 7.19. The van der Waals surface area contributed by atoms with E-state index in [4.69, 9.17) is 15.8 Å². The number of nitrogens with zero attached hydrogens (tertiary/aromatic N) is 1. The van der Waals surface area contributed by atoms with Crippen molar-refractivity contribution in [3.05, 3.63) is 63.5 Å². The van der Waals surface area contributed by atoms with E-state index in [1.54, 1.807) is 18.2 Å². The summed E-state index contributed by atoms with van der Waals surface area (Å²) in [6.45, 7) is 3.16.